The lowest BCUT2D eigenvalue weighted by Crippen LogP contribution is -2.44. The van der Waals surface area contributed by atoms with Gasteiger partial charge < -0.3 is 26.0 Å². The number of anilines is 1. The van der Waals surface area contributed by atoms with Crippen LogP contribution in [-0.4, -0.2) is 44.7 Å². The molecular weight excluding hydrogens is 308 g/mol. The first-order valence-corrected chi connectivity index (χ1v) is 7.28. The molecule has 1 heterocycles. The van der Waals surface area contributed by atoms with Gasteiger partial charge in [-0.25, -0.2) is 4.79 Å². The van der Waals surface area contributed by atoms with Gasteiger partial charge >= 0.3 is 6.03 Å². The quantitative estimate of drug-likeness (QED) is 0.742. The minimum absolute atomic E-state index is 0.00543. The summed E-state index contributed by atoms with van der Waals surface area (Å²) in [6.07, 6.45) is 0.804. The first kappa shape index (κ1) is 16.2. The van der Waals surface area contributed by atoms with Crippen molar-refractivity contribution in [1.82, 2.24) is 10.6 Å². The van der Waals surface area contributed by atoms with E-state index in [-0.39, 0.29) is 18.5 Å². The van der Waals surface area contributed by atoms with Gasteiger partial charge in [-0.05, 0) is 24.6 Å². The summed E-state index contributed by atoms with van der Waals surface area (Å²) in [7, 11) is 1.61. The summed E-state index contributed by atoms with van der Waals surface area (Å²) in [4.78, 5) is 24.4. The Morgan fingerprint density at radius 1 is 1.50 bits per heavy atom. The summed E-state index contributed by atoms with van der Waals surface area (Å²) in [6.45, 7) is 1.32. The second-order valence-electron chi connectivity index (χ2n) is 5.03. The molecule has 120 valence electrons. The molecule has 0 bridgehead atoms. The van der Waals surface area contributed by atoms with Gasteiger partial charge in [0, 0.05) is 24.2 Å². The number of nitrogens with two attached hydrogens (primary N) is 1. The van der Waals surface area contributed by atoms with Crippen LogP contribution in [-0.2, 0) is 4.79 Å². The van der Waals surface area contributed by atoms with Crippen LogP contribution in [0.3, 0.4) is 0 Å². The number of halogens is 1. The van der Waals surface area contributed by atoms with Gasteiger partial charge in [-0.1, -0.05) is 11.6 Å². The van der Waals surface area contributed by atoms with Crippen LogP contribution < -0.4 is 26.0 Å². The normalized spacial score (nSPS) is 17.2. The van der Waals surface area contributed by atoms with Gasteiger partial charge in [0.25, 0.3) is 0 Å². The van der Waals surface area contributed by atoms with E-state index in [0.717, 1.165) is 24.4 Å². The van der Waals surface area contributed by atoms with Crippen LogP contribution in [0.1, 0.15) is 6.42 Å². The number of nitrogens with zero attached hydrogens (tertiary/aromatic N) is 1. The van der Waals surface area contributed by atoms with Crippen LogP contribution in [0.15, 0.2) is 18.2 Å². The number of nitrogens with one attached hydrogen (secondary N) is 2. The summed E-state index contributed by atoms with van der Waals surface area (Å²) < 4.78 is 5.34. The number of hydrogen-bond donors (Lipinski definition) is 3. The zero-order valence-corrected chi connectivity index (χ0v) is 13.0. The Kier molecular flexibility index (Phi) is 5.32. The van der Waals surface area contributed by atoms with Gasteiger partial charge in [-0.2, -0.15) is 0 Å². The average Bonchev–Trinajstić information content (AvgIpc) is 2.93. The average molecular weight is 327 g/mol. The van der Waals surface area contributed by atoms with E-state index in [2.05, 4.69) is 15.5 Å². The highest BCUT2D eigenvalue weighted by Crippen LogP contribution is 2.33. The Hall–Kier alpha value is -2.15. The van der Waals surface area contributed by atoms with E-state index >= 15 is 0 Å². The van der Waals surface area contributed by atoms with E-state index in [1.807, 2.05) is 12.1 Å². The van der Waals surface area contributed by atoms with Crippen LogP contribution in [0.25, 0.3) is 0 Å². The largest absolute Gasteiger partial charge is 0.495 e. The monoisotopic (exact) mass is 326 g/mol. The minimum atomic E-state index is -0.716. The molecule has 8 heteroatoms. The van der Waals surface area contributed by atoms with Crippen molar-refractivity contribution in [2.45, 2.75) is 12.5 Å². The van der Waals surface area contributed by atoms with Crippen molar-refractivity contribution in [2.75, 3.05) is 31.6 Å². The molecule has 1 aliphatic rings. The van der Waals surface area contributed by atoms with Gasteiger partial charge in [-0.3, -0.25) is 4.79 Å². The predicted molar refractivity (Wildman–Crippen MR) is 84.4 cm³/mol. The van der Waals surface area contributed by atoms with Crippen molar-refractivity contribution in [1.29, 1.82) is 0 Å². The smallest absolute Gasteiger partial charge is 0.312 e. The van der Waals surface area contributed by atoms with Crippen LogP contribution >= 0.6 is 11.6 Å². The SMILES string of the molecule is COc1ccc(Cl)cc1N1CCC(NC(=O)CNC(N)=O)C1. The molecule has 1 unspecified atom stereocenters. The number of carbonyl (C=O) groups excluding carboxylic acids is 2. The molecule has 4 N–H and O–H groups in total. The fourth-order valence-corrected chi connectivity index (χ4v) is 2.62. The first-order chi connectivity index (χ1) is 10.5. The first-order valence-electron chi connectivity index (χ1n) is 6.90. The van der Waals surface area contributed by atoms with E-state index in [1.165, 1.54) is 0 Å². The summed E-state index contributed by atoms with van der Waals surface area (Å²) in [5, 5.41) is 5.76. The standard InChI is InChI=1S/C14H19ClN4O3/c1-22-12-3-2-9(15)6-11(12)19-5-4-10(8-19)18-13(20)7-17-14(16)21/h2-3,6,10H,4-5,7-8H2,1H3,(H,18,20)(H3,16,17,21). The maximum atomic E-state index is 11.7. The fraction of sp³-hybridized carbons (Fsp3) is 0.429. The van der Waals surface area contributed by atoms with E-state index < -0.39 is 6.03 Å². The molecule has 0 spiro atoms. The van der Waals surface area contributed by atoms with Crippen molar-refractivity contribution < 1.29 is 14.3 Å². The zero-order chi connectivity index (χ0) is 16.1. The lowest BCUT2D eigenvalue weighted by Gasteiger charge is -2.21. The number of rotatable bonds is 5. The molecule has 7 nitrogen and oxygen atoms in total. The molecular formula is C14H19ClN4O3. The molecule has 1 saturated heterocycles. The van der Waals surface area contributed by atoms with Crippen molar-refractivity contribution in [2.24, 2.45) is 5.73 Å². The molecule has 0 aliphatic carbocycles. The Labute approximate surface area is 133 Å². The van der Waals surface area contributed by atoms with E-state index in [9.17, 15) is 9.59 Å². The Balaban J connectivity index is 1.94. The van der Waals surface area contributed by atoms with Gasteiger partial charge in [0.05, 0.1) is 19.3 Å². The molecule has 0 saturated carbocycles. The van der Waals surface area contributed by atoms with E-state index in [0.29, 0.717) is 11.6 Å². The number of urea groups is 1. The highest BCUT2D eigenvalue weighted by molar-refractivity contribution is 6.30. The van der Waals surface area contributed by atoms with Crippen LogP contribution in [0.5, 0.6) is 5.75 Å². The predicted octanol–water partition coefficient (Wildman–Crippen LogP) is 0.712. The number of primary amides is 1. The summed E-state index contributed by atoms with van der Waals surface area (Å²) >= 11 is 6.04. The van der Waals surface area contributed by atoms with Crippen molar-refractivity contribution in [3.05, 3.63) is 23.2 Å². The maximum Gasteiger partial charge on any atom is 0.312 e. The van der Waals surface area contributed by atoms with Crippen molar-refractivity contribution in [3.63, 3.8) is 0 Å². The van der Waals surface area contributed by atoms with Crippen molar-refractivity contribution >= 4 is 29.2 Å². The third-order valence-corrected chi connectivity index (χ3v) is 3.69. The van der Waals surface area contributed by atoms with Crippen LogP contribution in [0.2, 0.25) is 5.02 Å². The Morgan fingerprint density at radius 3 is 2.95 bits per heavy atom. The number of amides is 3. The highest BCUT2D eigenvalue weighted by Gasteiger charge is 2.26. The van der Waals surface area contributed by atoms with Crippen LogP contribution in [0.4, 0.5) is 10.5 Å². The number of ether oxygens (including phenoxy) is 1. The third-order valence-electron chi connectivity index (χ3n) is 3.46. The molecule has 0 radical (unpaired) electrons. The molecule has 2 rings (SSSR count). The third kappa shape index (κ3) is 4.17. The maximum absolute atomic E-state index is 11.7. The second-order valence-corrected chi connectivity index (χ2v) is 5.47. The van der Waals surface area contributed by atoms with Crippen LogP contribution in [0, 0.1) is 0 Å². The topological polar surface area (TPSA) is 96.7 Å². The second kappa shape index (κ2) is 7.22. The molecule has 1 fully saturated rings. The number of benzene rings is 1. The fourth-order valence-electron chi connectivity index (χ4n) is 2.45. The molecule has 0 aromatic heterocycles. The number of carbonyl (C=O) groups is 2. The molecule has 22 heavy (non-hydrogen) atoms. The molecule has 1 aromatic carbocycles. The van der Waals surface area contributed by atoms with Gasteiger partial charge in [0.1, 0.15) is 5.75 Å². The zero-order valence-electron chi connectivity index (χ0n) is 12.3. The van der Waals surface area contributed by atoms with Gasteiger partial charge in [0.2, 0.25) is 5.91 Å². The lowest BCUT2D eigenvalue weighted by atomic mass is 10.2. The molecule has 1 aromatic rings. The minimum Gasteiger partial charge on any atom is -0.495 e. The van der Waals surface area contributed by atoms with Crippen molar-refractivity contribution in [3.8, 4) is 5.75 Å². The van der Waals surface area contributed by atoms with E-state index in [1.54, 1.807) is 13.2 Å². The van der Waals surface area contributed by atoms with Gasteiger partial charge in [-0.15, -0.1) is 0 Å². The molecule has 3 amide bonds. The molecule has 1 aliphatic heterocycles. The Bertz CT molecular complexity index is 567. The molecule has 1 atom stereocenters. The number of methoxy groups -OCH3 is 1. The summed E-state index contributed by atoms with van der Waals surface area (Å²) in [6, 6.07) is 4.73. The van der Waals surface area contributed by atoms with Gasteiger partial charge in [0.15, 0.2) is 0 Å². The number of hydrogen-bond acceptors (Lipinski definition) is 4. The summed E-state index contributed by atoms with van der Waals surface area (Å²) in [5.41, 5.74) is 5.83. The van der Waals surface area contributed by atoms with E-state index in [4.69, 9.17) is 22.1 Å². The lowest BCUT2D eigenvalue weighted by molar-refractivity contribution is -0.120. The summed E-state index contributed by atoms with van der Waals surface area (Å²) in [5.74, 6) is 0.482. The highest BCUT2D eigenvalue weighted by atomic mass is 35.5. The Morgan fingerprint density at radius 2 is 2.27 bits per heavy atom.